The number of benzene rings is 1. The fourth-order valence-electron chi connectivity index (χ4n) is 3.14. The highest BCUT2D eigenvalue weighted by Crippen LogP contribution is 2.46. The number of fused-ring (bicyclic) bond motifs is 3. The van der Waals surface area contributed by atoms with Gasteiger partial charge in [0.15, 0.2) is 0 Å². The summed E-state index contributed by atoms with van der Waals surface area (Å²) in [5.41, 5.74) is 0.193. The topological polar surface area (TPSA) is 36.9 Å². The molecule has 3 fully saturated rings. The number of hydrogen-bond acceptors (Lipinski definition) is 4. The first-order valence-corrected chi connectivity index (χ1v) is 8.06. The second-order valence-corrected chi connectivity index (χ2v) is 6.57. The Balaban J connectivity index is 1.76. The summed E-state index contributed by atoms with van der Waals surface area (Å²) in [6.07, 6.45) is -1.44. The molecule has 3 aliphatic rings. The van der Waals surface area contributed by atoms with E-state index in [9.17, 15) is 8.78 Å². The Morgan fingerprint density at radius 2 is 1.71 bits per heavy atom. The summed E-state index contributed by atoms with van der Waals surface area (Å²) in [5.74, 6) is -1.34. The van der Waals surface area contributed by atoms with Crippen molar-refractivity contribution in [3.8, 4) is 0 Å². The maximum atomic E-state index is 13.9. The highest BCUT2D eigenvalue weighted by Gasteiger charge is 2.53. The third kappa shape index (κ3) is 3.06. The van der Waals surface area contributed by atoms with Crippen LogP contribution in [-0.4, -0.2) is 19.8 Å². The van der Waals surface area contributed by atoms with Crippen molar-refractivity contribution in [2.45, 2.75) is 38.8 Å². The van der Waals surface area contributed by atoms with Crippen molar-refractivity contribution in [2.24, 2.45) is 5.41 Å². The molecule has 0 aliphatic carbocycles. The third-order valence-electron chi connectivity index (χ3n) is 4.36. The van der Waals surface area contributed by atoms with Gasteiger partial charge >= 0.3 is 12.1 Å². The fourth-order valence-corrected chi connectivity index (χ4v) is 3.14. The molecule has 4 nitrogen and oxygen atoms in total. The molecule has 0 aromatic heterocycles. The van der Waals surface area contributed by atoms with E-state index in [1.807, 2.05) is 0 Å². The molecule has 0 amide bonds. The lowest BCUT2D eigenvalue weighted by Crippen LogP contribution is -2.58. The zero-order valence-electron chi connectivity index (χ0n) is 13.9. The van der Waals surface area contributed by atoms with Crippen molar-refractivity contribution in [3.63, 3.8) is 0 Å². The molecule has 0 unspecified atom stereocenters. The van der Waals surface area contributed by atoms with E-state index in [0.717, 1.165) is 12.8 Å². The molecule has 2 bridgehead atoms. The van der Waals surface area contributed by atoms with Gasteiger partial charge in [-0.3, -0.25) is 0 Å². The van der Waals surface area contributed by atoms with Crippen LogP contribution in [0.25, 0.3) is 0 Å². The lowest BCUT2D eigenvalue weighted by molar-refractivity contribution is -0.480. The maximum absolute atomic E-state index is 13.9. The first-order chi connectivity index (χ1) is 11.3. The summed E-state index contributed by atoms with van der Waals surface area (Å²) in [6.45, 7) is 8.45. The van der Waals surface area contributed by atoms with Crippen LogP contribution in [0.15, 0.2) is 36.6 Å². The van der Waals surface area contributed by atoms with Crippen molar-refractivity contribution < 1.29 is 27.7 Å². The monoisotopic (exact) mass is 340 g/mol. The minimum Gasteiger partial charge on any atom is -0.434 e. The molecule has 0 N–H and O–H groups in total. The number of ether oxygens (including phenoxy) is 4. The summed E-state index contributed by atoms with van der Waals surface area (Å²) in [6, 6.07) is 5.60. The van der Waals surface area contributed by atoms with Gasteiger partial charge in [0.2, 0.25) is 0 Å². The lowest BCUT2D eigenvalue weighted by Gasteiger charge is -2.52. The molecular formula is C18H22F2O4. The van der Waals surface area contributed by atoms with Crippen molar-refractivity contribution in [2.75, 3.05) is 19.8 Å². The van der Waals surface area contributed by atoms with Crippen LogP contribution < -0.4 is 0 Å². The van der Waals surface area contributed by atoms with Crippen LogP contribution >= 0.6 is 0 Å². The van der Waals surface area contributed by atoms with Crippen LogP contribution in [0.1, 0.15) is 37.8 Å². The number of halogens is 2. The maximum Gasteiger partial charge on any atom is 0.426 e. The molecule has 0 atom stereocenters. The molecule has 0 radical (unpaired) electrons. The Morgan fingerprint density at radius 3 is 2.17 bits per heavy atom. The van der Waals surface area contributed by atoms with Crippen molar-refractivity contribution in [1.82, 2.24) is 0 Å². The van der Waals surface area contributed by atoms with E-state index in [-0.39, 0.29) is 16.7 Å². The SMILES string of the molecule is C=C(C)OC(F)(F)c1ccc(C23OCC(CCC)(CO2)CO3)cc1. The van der Waals surface area contributed by atoms with Crippen LogP contribution in [0.5, 0.6) is 0 Å². The second-order valence-electron chi connectivity index (χ2n) is 6.57. The minimum atomic E-state index is -3.43. The van der Waals surface area contributed by atoms with E-state index in [4.69, 9.17) is 14.2 Å². The predicted molar refractivity (Wildman–Crippen MR) is 83.1 cm³/mol. The van der Waals surface area contributed by atoms with E-state index in [1.54, 1.807) is 0 Å². The predicted octanol–water partition coefficient (Wildman–Crippen LogP) is 4.26. The molecule has 1 aromatic rings. The van der Waals surface area contributed by atoms with Gasteiger partial charge in [0, 0.05) is 11.0 Å². The molecule has 3 heterocycles. The quantitative estimate of drug-likeness (QED) is 0.725. The van der Waals surface area contributed by atoms with Gasteiger partial charge in [-0.05, 0) is 25.5 Å². The van der Waals surface area contributed by atoms with Gasteiger partial charge < -0.3 is 18.9 Å². The molecule has 3 saturated heterocycles. The van der Waals surface area contributed by atoms with Crippen LogP contribution in [0.4, 0.5) is 8.78 Å². The number of allylic oxidation sites excluding steroid dienone is 1. The zero-order valence-corrected chi connectivity index (χ0v) is 13.9. The molecule has 0 saturated carbocycles. The van der Waals surface area contributed by atoms with Crippen LogP contribution in [0.3, 0.4) is 0 Å². The smallest absolute Gasteiger partial charge is 0.426 e. The Bertz CT molecular complexity index is 587. The highest BCUT2D eigenvalue weighted by molar-refractivity contribution is 5.27. The number of rotatable bonds is 6. The summed E-state index contributed by atoms with van der Waals surface area (Å²) in [5, 5.41) is 0. The van der Waals surface area contributed by atoms with Gasteiger partial charge in [0.1, 0.15) is 0 Å². The average molecular weight is 340 g/mol. The summed E-state index contributed by atoms with van der Waals surface area (Å²) >= 11 is 0. The first-order valence-electron chi connectivity index (χ1n) is 8.06. The average Bonchev–Trinajstić information content (AvgIpc) is 2.56. The van der Waals surface area contributed by atoms with E-state index >= 15 is 0 Å². The van der Waals surface area contributed by atoms with Gasteiger partial charge in [-0.1, -0.05) is 32.1 Å². The normalized spacial score (nSPS) is 29.5. The summed E-state index contributed by atoms with van der Waals surface area (Å²) < 4.78 is 49.8. The number of hydrogen-bond donors (Lipinski definition) is 0. The largest absolute Gasteiger partial charge is 0.434 e. The van der Waals surface area contributed by atoms with Crippen LogP contribution in [-0.2, 0) is 31.0 Å². The molecule has 1 aromatic carbocycles. The molecule has 0 spiro atoms. The van der Waals surface area contributed by atoms with Crippen molar-refractivity contribution in [3.05, 3.63) is 47.7 Å². The van der Waals surface area contributed by atoms with Crippen molar-refractivity contribution in [1.29, 1.82) is 0 Å². The van der Waals surface area contributed by atoms with E-state index in [0.29, 0.717) is 25.4 Å². The Labute approximate surface area is 140 Å². The van der Waals surface area contributed by atoms with Crippen molar-refractivity contribution >= 4 is 0 Å². The number of alkyl halides is 2. The Kier molecular flexibility index (Phi) is 4.40. The molecule has 3 aliphatic heterocycles. The lowest BCUT2D eigenvalue weighted by atomic mass is 9.83. The first kappa shape index (κ1) is 17.3. The second kappa shape index (κ2) is 6.10. The Hall–Kier alpha value is -1.50. The van der Waals surface area contributed by atoms with E-state index < -0.39 is 12.1 Å². The van der Waals surface area contributed by atoms with Gasteiger partial charge in [-0.15, -0.1) is 0 Å². The highest BCUT2D eigenvalue weighted by atomic mass is 19.3. The molecular weight excluding hydrogens is 318 g/mol. The third-order valence-corrected chi connectivity index (χ3v) is 4.36. The fraction of sp³-hybridized carbons (Fsp3) is 0.556. The standard InChI is InChI=1S/C18H22F2O4/c1-4-9-16-10-21-18(22-11-16,23-12-16)15-7-5-14(6-8-15)17(19,20)24-13(2)3/h5-8H,2,4,9-12H2,1,3H3. The minimum absolute atomic E-state index is 0.0514. The summed E-state index contributed by atoms with van der Waals surface area (Å²) in [4.78, 5) is 0. The van der Waals surface area contributed by atoms with Crippen LogP contribution in [0.2, 0.25) is 0 Å². The van der Waals surface area contributed by atoms with Gasteiger partial charge in [0.25, 0.3) is 0 Å². The van der Waals surface area contributed by atoms with E-state index in [1.165, 1.54) is 31.2 Å². The molecule has 24 heavy (non-hydrogen) atoms. The Morgan fingerprint density at radius 1 is 1.17 bits per heavy atom. The van der Waals surface area contributed by atoms with Gasteiger partial charge in [-0.2, -0.15) is 8.78 Å². The van der Waals surface area contributed by atoms with E-state index in [2.05, 4.69) is 18.2 Å². The zero-order chi connectivity index (χ0) is 17.4. The van der Waals surface area contributed by atoms with Crippen LogP contribution in [0, 0.1) is 5.41 Å². The van der Waals surface area contributed by atoms with Gasteiger partial charge in [0.05, 0.1) is 31.1 Å². The molecule has 6 heteroatoms. The van der Waals surface area contributed by atoms with Gasteiger partial charge in [-0.25, -0.2) is 0 Å². The molecule has 4 rings (SSSR count). The molecule has 132 valence electrons. The summed E-state index contributed by atoms with van der Waals surface area (Å²) in [7, 11) is 0.